The second-order valence-electron chi connectivity index (χ2n) is 6.81. The molecule has 0 N–H and O–H groups in total. The van der Waals surface area contributed by atoms with E-state index in [0.29, 0.717) is 11.3 Å². The van der Waals surface area contributed by atoms with Gasteiger partial charge in [0.2, 0.25) is 0 Å². The standard InChI is InChI=1S/C15H24O2/c1-9-4-6-15-7-5-12(13(15)8-9)10(2)14(15)17-11(3)16/h9-10,12-14H,4-8H2,1-3H3/t9-,10-,12+,13-,14-,15-/m0/s1. The Kier molecular flexibility index (Phi) is 2.53. The van der Waals surface area contributed by atoms with Gasteiger partial charge < -0.3 is 4.74 Å². The lowest BCUT2D eigenvalue weighted by Crippen LogP contribution is -2.42. The maximum atomic E-state index is 11.3. The first-order valence-electron chi connectivity index (χ1n) is 7.22. The Hall–Kier alpha value is -0.530. The van der Waals surface area contributed by atoms with Crippen LogP contribution in [0.4, 0.5) is 0 Å². The van der Waals surface area contributed by atoms with Gasteiger partial charge >= 0.3 is 5.97 Å². The van der Waals surface area contributed by atoms with E-state index in [1.54, 1.807) is 6.92 Å². The van der Waals surface area contributed by atoms with Crippen LogP contribution in [0.25, 0.3) is 0 Å². The molecular formula is C15H24O2. The Morgan fingerprint density at radius 3 is 2.65 bits per heavy atom. The quantitative estimate of drug-likeness (QED) is 0.652. The summed E-state index contributed by atoms with van der Waals surface area (Å²) in [5, 5.41) is 0. The van der Waals surface area contributed by atoms with Crippen molar-refractivity contribution in [3.63, 3.8) is 0 Å². The third-order valence-electron chi connectivity index (χ3n) is 5.97. The SMILES string of the molecule is CC(=O)O[C@H]1[C@@H](C)[C@H]2CC[C@]13CC[C@H](C)C[C@@H]23. The molecule has 2 bridgehead atoms. The van der Waals surface area contributed by atoms with Gasteiger partial charge in [-0.2, -0.15) is 0 Å². The highest BCUT2D eigenvalue weighted by atomic mass is 16.5. The zero-order valence-corrected chi connectivity index (χ0v) is 11.2. The molecule has 0 heterocycles. The summed E-state index contributed by atoms with van der Waals surface area (Å²) < 4.78 is 5.71. The Bertz CT molecular complexity index is 338. The molecule has 2 nitrogen and oxygen atoms in total. The number of esters is 1. The van der Waals surface area contributed by atoms with Crippen molar-refractivity contribution in [2.75, 3.05) is 0 Å². The number of ether oxygens (including phenoxy) is 1. The number of carbonyl (C=O) groups is 1. The highest BCUT2D eigenvalue weighted by molar-refractivity contribution is 5.66. The fourth-order valence-corrected chi connectivity index (χ4v) is 5.31. The highest BCUT2D eigenvalue weighted by Crippen LogP contribution is 2.67. The van der Waals surface area contributed by atoms with Gasteiger partial charge in [-0.25, -0.2) is 0 Å². The molecule has 0 spiro atoms. The van der Waals surface area contributed by atoms with Crippen molar-refractivity contribution in [3.05, 3.63) is 0 Å². The molecule has 3 fully saturated rings. The summed E-state index contributed by atoms with van der Waals surface area (Å²) >= 11 is 0. The van der Waals surface area contributed by atoms with E-state index in [0.717, 1.165) is 17.8 Å². The fraction of sp³-hybridized carbons (Fsp3) is 0.933. The monoisotopic (exact) mass is 236 g/mol. The Morgan fingerprint density at radius 2 is 1.94 bits per heavy atom. The Labute approximate surface area is 104 Å². The number of rotatable bonds is 1. The molecule has 6 atom stereocenters. The van der Waals surface area contributed by atoms with Crippen LogP contribution < -0.4 is 0 Å². The van der Waals surface area contributed by atoms with Crippen LogP contribution in [-0.2, 0) is 9.53 Å². The number of hydrogen-bond donors (Lipinski definition) is 0. The predicted molar refractivity (Wildman–Crippen MR) is 66.4 cm³/mol. The van der Waals surface area contributed by atoms with Crippen molar-refractivity contribution >= 4 is 5.97 Å². The fourth-order valence-electron chi connectivity index (χ4n) is 5.31. The Morgan fingerprint density at radius 1 is 1.24 bits per heavy atom. The zero-order chi connectivity index (χ0) is 12.2. The van der Waals surface area contributed by atoms with Gasteiger partial charge in [-0.15, -0.1) is 0 Å². The normalized spacial score (nSPS) is 52.3. The van der Waals surface area contributed by atoms with Gasteiger partial charge in [0.25, 0.3) is 0 Å². The van der Waals surface area contributed by atoms with Gasteiger partial charge in [0.05, 0.1) is 0 Å². The first-order chi connectivity index (χ1) is 8.04. The van der Waals surface area contributed by atoms with Gasteiger partial charge in [0.15, 0.2) is 0 Å². The summed E-state index contributed by atoms with van der Waals surface area (Å²) in [6, 6.07) is 0. The van der Waals surface area contributed by atoms with Gasteiger partial charge in [-0.05, 0) is 49.4 Å². The van der Waals surface area contributed by atoms with Gasteiger partial charge in [0, 0.05) is 12.3 Å². The maximum Gasteiger partial charge on any atom is 0.302 e. The smallest absolute Gasteiger partial charge is 0.302 e. The van der Waals surface area contributed by atoms with E-state index in [2.05, 4.69) is 13.8 Å². The molecule has 2 heteroatoms. The summed E-state index contributed by atoms with van der Waals surface area (Å²) in [5.74, 6) is 3.04. The van der Waals surface area contributed by atoms with E-state index >= 15 is 0 Å². The lowest BCUT2D eigenvalue weighted by molar-refractivity contribution is -0.158. The van der Waals surface area contributed by atoms with Crippen LogP contribution in [0.1, 0.15) is 52.9 Å². The molecule has 3 aliphatic carbocycles. The van der Waals surface area contributed by atoms with Crippen LogP contribution in [0.3, 0.4) is 0 Å². The summed E-state index contributed by atoms with van der Waals surface area (Å²) in [4.78, 5) is 11.3. The maximum absolute atomic E-state index is 11.3. The molecular weight excluding hydrogens is 212 g/mol. The minimum atomic E-state index is -0.0823. The third kappa shape index (κ3) is 1.49. The molecule has 0 aromatic carbocycles. The molecule has 3 saturated carbocycles. The largest absolute Gasteiger partial charge is 0.462 e. The summed E-state index contributed by atoms with van der Waals surface area (Å²) in [7, 11) is 0. The van der Waals surface area contributed by atoms with E-state index in [1.165, 1.54) is 32.1 Å². The van der Waals surface area contributed by atoms with Crippen LogP contribution >= 0.6 is 0 Å². The van der Waals surface area contributed by atoms with E-state index in [4.69, 9.17) is 4.74 Å². The molecule has 0 aromatic rings. The van der Waals surface area contributed by atoms with Crippen molar-refractivity contribution in [1.82, 2.24) is 0 Å². The minimum absolute atomic E-state index is 0.0823. The van der Waals surface area contributed by atoms with Gasteiger partial charge in [-0.3, -0.25) is 4.79 Å². The third-order valence-corrected chi connectivity index (χ3v) is 5.97. The Balaban J connectivity index is 1.90. The molecule has 17 heavy (non-hydrogen) atoms. The molecule has 0 saturated heterocycles. The topological polar surface area (TPSA) is 26.3 Å². The first-order valence-corrected chi connectivity index (χ1v) is 7.22. The number of hydrogen-bond acceptors (Lipinski definition) is 2. The minimum Gasteiger partial charge on any atom is -0.462 e. The van der Waals surface area contributed by atoms with Crippen molar-refractivity contribution in [1.29, 1.82) is 0 Å². The van der Waals surface area contributed by atoms with Gasteiger partial charge in [-0.1, -0.05) is 20.3 Å². The summed E-state index contributed by atoms with van der Waals surface area (Å²) in [5.41, 5.74) is 0.363. The van der Waals surface area contributed by atoms with Crippen LogP contribution in [0, 0.1) is 29.1 Å². The van der Waals surface area contributed by atoms with E-state index in [-0.39, 0.29) is 12.1 Å². The van der Waals surface area contributed by atoms with E-state index < -0.39 is 0 Å². The van der Waals surface area contributed by atoms with Crippen molar-refractivity contribution in [2.24, 2.45) is 29.1 Å². The molecule has 0 unspecified atom stereocenters. The molecule has 0 aromatic heterocycles. The average Bonchev–Trinajstić information content (AvgIpc) is 2.72. The molecule has 3 aliphatic rings. The first kappa shape index (κ1) is 11.6. The van der Waals surface area contributed by atoms with E-state index in [1.807, 2.05) is 0 Å². The molecule has 0 aliphatic heterocycles. The molecule has 0 amide bonds. The van der Waals surface area contributed by atoms with Crippen molar-refractivity contribution < 1.29 is 9.53 Å². The second-order valence-corrected chi connectivity index (χ2v) is 6.81. The average molecular weight is 236 g/mol. The second kappa shape index (κ2) is 3.73. The number of carbonyl (C=O) groups excluding carboxylic acids is 1. The van der Waals surface area contributed by atoms with Crippen molar-refractivity contribution in [3.8, 4) is 0 Å². The van der Waals surface area contributed by atoms with E-state index in [9.17, 15) is 4.79 Å². The lowest BCUT2D eigenvalue weighted by atomic mass is 9.65. The van der Waals surface area contributed by atoms with Crippen LogP contribution in [0.2, 0.25) is 0 Å². The van der Waals surface area contributed by atoms with Crippen LogP contribution in [0.15, 0.2) is 0 Å². The lowest BCUT2D eigenvalue weighted by Gasteiger charge is -2.43. The van der Waals surface area contributed by atoms with Crippen LogP contribution in [-0.4, -0.2) is 12.1 Å². The summed E-state index contributed by atoms with van der Waals surface area (Å²) in [6.45, 7) is 6.26. The van der Waals surface area contributed by atoms with Crippen molar-refractivity contribution in [2.45, 2.75) is 59.0 Å². The van der Waals surface area contributed by atoms with Gasteiger partial charge in [0.1, 0.15) is 6.10 Å². The molecule has 0 radical (unpaired) electrons. The summed E-state index contributed by atoms with van der Waals surface area (Å²) in [6.07, 6.45) is 6.88. The molecule has 96 valence electrons. The van der Waals surface area contributed by atoms with Crippen LogP contribution in [0.5, 0.6) is 0 Å². The predicted octanol–water partition coefficient (Wildman–Crippen LogP) is 3.40. The zero-order valence-electron chi connectivity index (χ0n) is 11.2. The molecule has 3 rings (SSSR count). The highest BCUT2D eigenvalue weighted by Gasteiger charge is 2.64.